The largest absolute Gasteiger partial charge is 0.342 e. The van der Waals surface area contributed by atoms with Gasteiger partial charge in [-0.05, 0) is 31.9 Å². The lowest BCUT2D eigenvalue weighted by atomic mass is 10.1. The van der Waals surface area contributed by atoms with Gasteiger partial charge in [-0.25, -0.2) is 18.1 Å². The highest BCUT2D eigenvalue weighted by Gasteiger charge is 2.25. The minimum absolute atomic E-state index is 0.150. The minimum atomic E-state index is -3.56. The van der Waals surface area contributed by atoms with Gasteiger partial charge in [0.05, 0.1) is 0 Å². The zero-order valence-electron chi connectivity index (χ0n) is 13.3. The summed E-state index contributed by atoms with van der Waals surface area (Å²) in [6.07, 6.45) is 4.14. The maximum absolute atomic E-state index is 12.3. The molecule has 1 saturated heterocycles. The van der Waals surface area contributed by atoms with Crippen LogP contribution in [0.2, 0.25) is 0 Å². The number of piperidine rings is 1. The van der Waals surface area contributed by atoms with Gasteiger partial charge in [0, 0.05) is 43.3 Å². The van der Waals surface area contributed by atoms with Crippen LogP contribution in [0.25, 0.3) is 0 Å². The number of nitrogens with one attached hydrogen (secondary N) is 2. The molecular formula is C15H19N5O3S. The van der Waals surface area contributed by atoms with Gasteiger partial charge in [-0.2, -0.15) is 0 Å². The van der Waals surface area contributed by atoms with Crippen LogP contribution < -0.4 is 15.2 Å². The van der Waals surface area contributed by atoms with Crippen molar-refractivity contribution < 1.29 is 8.42 Å². The van der Waals surface area contributed by atoms with Crippen molar-refractivity contribution in [3.63, 3.8) is 0 Å². The predicted molar refractivity (Wildman–Crippen MR) is 89.4 cm³/mol. The molecule has 9 heteroatoms. The van der Waals surface area contributed by atoms with Crippen LogP contribution in [0.15, 0.2) is 40.3 Å². The Morgan fingerprint density at radius 2 is 2.08 bits per heavy atom. The van der Waals surface area contributed by atoms with E-state index in [1.54, 1.807) is 13.0 Å². The van der Waals surface area contributed by atoms with Crippen LogP contribution in [0.3, 0.4) is 0 Å². The van der Waals surface area contributed by atoms with E-state index in [1.165, 1.54) is 24.5 Å². The first-order valence-corrected chi connectivity index (χ1v) is 9.18. The number of aryl methyl sites for hydroxylation is 1. The quantitative estimate of drug-likeness (QED) is 0.828. The zero-order chi connectivity index (χ0) is 17.2. The van der Waals surface area contributed by atoms with E-state index in [-0.39, 0.29) is 16.5 Å². The highest BCUT2D eigenvalue weighted by molar-refractivity contribution is 7.89. The molecule has 0 radical (unpaired) electrons. The van der Waals surface area contributed by atoms with E-state index in [9.17, 15) is 13.2 Å². The molecule has 8 nitrogen and oxygen atoms in total. The van der Waals surface area contributed by atoms with Crippen molar-refractivity contribution in [1.29, 1.82) is 0 Å². The number of nitrogens with zero attached hydrogens (tertiary/aromatic N) is 3. The van der Waals surface area contributed by atoms with Crippen molar-refractivity contribution in [3.8, 4) is 0 Å². The third-order valence-corrected chi connectivity index (χ3v) is 5.42. The Hall–Kier alpha value is -2.26. The fourth-order valence-corrected chi connectivity index (χ4v) is 3.98. The summed E-state index contributed by atoms with van der Waals surface area (Å²) in [7, 11) is -3.56. The normalized spacial score (nSPS) is 16.3. The first-order valence-electron chi connectivity index (χ1n) is 7.69. The fourth-order valence-electron chi connectivity index (χ4n) is 2.72. The van der Waals surface area contributed by atoms with Gasteiger partial charge in [-0.15, -0.1) is 0 Å². The number of H-pyrrole nitrogens is 1. The second kappa shape index (κ2) is 6.70. The number of anilines is 1. The molecule has 2 aromatic rings. The lowest BCUT2D eigenvalue weighted by Crippen LogP contribution is -2.45. The van der Waals surface area contributed by atoms with Crippen LogP contribution in [0.5, 0.6) is 0 Å². The van der Waals surface area contributed by atoms with E-state index < -0.39 is 10.0 Å². The smallest absolute Gasteiger partial charge is 0.252 e. The second-order valence-corrected chi connectivity index (χ2v) is 7.50. The first-order chi connectivity index (χ1) is 11.4. The van der Waals surface area contributed by atoms with E-state index in [0.717, 1.165) is 0 Å². The monoisotopic (exact) mass is 349 g/mol. The molecule has 0 atom stereocenters. The van der Waals surface area contributed by atoms with Crippen LogP contribution in [-0.4, -0.2) is 42.5 Å². The molecule has 0 unspecified atom stereocenters. The molecule has 1 fully saturated rings. The average Bonchev–Trinajstić information content (AvgIpc) is 2.55. The molecular weight excluding hydrogens is 330 g/mol. The third kappa shape index (κ3) is 3.80. The van der Waals surface area contributed by atoms with Crippen LogP contribution in [0, 0.1) is 6.92 Å². The highest BCUT2D eigenvalue weighted by atomic mass is 32.2. The van der Waals surface area contributed by atoms with Crippen molar-refractivity contribution in [2.75, 3.05) is 18.0 Å². The Morgan fingerprint density at radius 3 is 2.71 bits per heavy atom. The SMILES string of the molecule is Cc1cc(=O)[nH]c(N2CCC(NS(=O)(=O)c3cccnc3)CC2)n1. The molecule has 0 saturated carbocycles. The molecule has 0 amide bonds. The Bertz CT molecular complexity index is 858. The topological polar surface area (TPSA) is 108 Å². The summed E-state index contributed by atoms with van der Waals surface area (Å²) >= 11 is 0. The second-order valence-electron chi connectivity index (χ2n) is 5.78. The van der Waals surface area contributed by atoms with Gasteiger partial charge in [0.2, 0.25) is 16.0 Å². The third-order valence-electron chi connectivity index (χ3n) is 3.92. The molecule has 0 aromatic carbocycles. The van der Waals surface area contributed by atoms with Crippen molar-refractivity contribution in [2.24, 2.45) is 0 Å². The maximum Gasteiger partial charge on any atom is 0.252 e. The van der Waals surface area contributed by atoms with Crippen molar-refractivity contribution in [1.82, 2.24) is 19.7 Å². The van der Waals surface area contributed by atoms with Crippen LogP contribution in [0.4, 0.5) is 5.95 Å². The van der Waals surface area contributed by atoms with Gasteiger partial charge < -0.3 is 4.90 Å². The van der Waals surface area contributed by atoms with Gasteiger partial charge in [0.15, 0.2) is 0 Å². The Morgan fingerprint density at radius 1 is 1.33 bits per heavy atom. The summed E-state index contributed by atoms with van der Waals surface area (Å²) in [5.74, 6) is 0.536. The molecule has 128 valence electrons. The number of hydrogen-bond acceptors (Lipinski definition) is 6. The van der Waals surface area contributed by atoms with E-state index in [4.69, 9.17) is 0 Å². The fraction of sp³-hybridized carbons (Fsp3) is 0.400. The summed E-state index contributed by atoms with van der Waals surface area (Å²) in [5, 5.41) is 0. The Labute approximate surface area is 140 Å². The Kier molecular flexibility index (Phi) is 4.63. The van der Waals surface area contributed by atoms with Gasteiger partial charge >= 0.3 is 0 Å². The number of sulfonamides is 1. The standard InChI is InChI=1S/C15H19N5O3S/c1-11-9-14(21)18-15(17-11)20-7-4-12(5-8-20)19-24(22,23)13-3-2-6-16-10-13/h2-3,6,9-10,12,19H,4-5,7-8H2,1H3,(H,17,18,21). The van der Waals surface area contributed by atoms with Crippen LogP contribution >= 0.6 is 0 Å². The summed E-state index contributed by atoms with van der Waals surface area (Å²) < 4.78 is 27.4. The molecule has 2 N–H and O–H groups in total. The molecule has 0 aliphatic carbocycles. The summed E-state index contributed by atoms with van der Waals surface area (Å²) in [6, 6.07) is 4.41. The number of pyridine rings is 1. The summed E-state index contributed by atoms with van der Waals surface area (Å²) in [5.41, 5.74) is 0.477. The molecule has 3 rings (SSSR count). The Balaban J connectivity index is 1.64. The molecule has 0 bridgehead atoms. The van der Waals surface area contributed by atoms with Gasteiger partial charge in [0.1, 0.15) is 4.90 Å². The molecule has 24 heavy (non-hydrogen) atoms. The van der Waals surface area contributed by atoms with Gasteiger partial charge in [-0.1, -0.05) is 0 Å². The molecule has 1 aliphatic rings. The van der Waals surface area contributed by atoms with Crippen LogP contribution in [-0.2, 0) is 10.0 Å². The first kappa shape index (κ1) is 16.6. The van der Waals surface area contributed by atoms with E-state index in [2.05, 4.69) is 19.7 Å². The van der Waals surface area contributed by atoms with Gasteiger partial charge in [0.25, 0.3) is 5.56 Å². The minimum Gasteiger partial charge on any atom is -0.342 e. The average molecular weight is 349 g/mol. The number of aromatic nitrogens is 3. The van der Waals surface area contributed by atoms with E-state index >= 15 is 0 Å². The van der Waals surface area contributed by atoms with E-state index in [1.807, 2.05) is 4.90 Å². The van der Waals surface area contributed by atoms with Gasteiger partial charge in [-0.3, -0.25) is 14.8 Å². The maximum atomic E-state index is 12.3. The predicted octanol–water partition coefficient (Wildman–Crippen LogP) is 0.421. The molecule has 0 spiro atoms. The highest BCUT2D eigenvalue weighted by Crippen LogP contribution is 2.17. The summed E-state index contributed by atoms with van der Waals surface area (Å²) in [4.78, 5) is 24.6. The van der Waals surface area contributed by atoms with Crippen molar-refractivity contribution in [2.45, 2.75) is 30.7 Å². The van der Waals surface area contributed by atoms with Crippen LogP contribution in [0.1, 0.15) is 18.5 Å². The van der Waals surface area contributed by atoms with Crippen molar-refractivity contribution in [3.05, 3.63) is 46.6 Å². The zero-order valence-corrected chi connectivity index (χ0v) is 14.1. The van der Waals surface area contributed by atoms with Crippen molar-refractivity contribution >= 4 is 16.0 Å². The van der Waals surface area contributed by atoms with E-state index in [0.29, 0.717) is 37.6 Å². The number of rotatable bonds is 4. The lowest BCUT2D eigenvalue weighted by molar-refractivity contribution is 0.456. The molecule has 2 aromatic heterocycles. The molecule has 3 heterocycles. The number of hydrogen-bond donors (Lipinski definition) is 2. The number of aromatic amines is 1. The summed E-state index contributed by atoms with van der Waals surface area (Å²) in [6.45, 7) is 3.01. The molecule has 1 aliphatic heterocycles. The lowest BCUT2D eigenvalue weighted by Gasteiger charge is -2.32.